The zero-order valence-electron chi connectivity index (χ0n) is 15.3. The summed E-state index contributed by atoms with van der Waals surface area (Å²) in [7, 11) is -3.20. The molecule has 5 nitrogen and oxygen atoms in total. The van der Waals surface area contributed by atoms with Crippen LogP contribution in [0.15, 0.2) is 52.5 Å². The van der Waals surface area contributed by atoms with E-state index in [2.05, 4.69) is 28.8 Å². The number of anilines is 1. The normalized spacial score (nSPS) is 11.9. The summed E-state index contributed by atoms with van der Waals surface area (Å²) in [4.78, 5) is 0.283. The van der Waals surface area contributed by atoms with Crippen molar-refractivity contribution in [3.05, 3.63) is 59.2 Å². The number of hydrogen-bond acceptors (Lipinski definition) is 4. The first-order valence-electron chi connectivity index (χ1n) is 8.22. The summed E-state index contributed by atoms with van der Waals surface area (Å²) >= 11 is 5.33. The van der Waals surface area contributed by atoms with Gasteiger partial charge in [-0.1, -0.05) is 37.3 Å². The number of hydrogen-bond donors (Lipinski definition) is 2. The van der Waals surface area contributed by atoms with Gasteiger partial charge in [-0.3, -0.25) is 5.43 Å². The van der Waals surface area contributed by atoms with Gasteiger partial charge in [0.2, 0.25) is 0 Å². The number of thiocarbonyl (C=S) groups is 1. The summed E-state index contributed by atoms with van der Waals surface area (Å²) in [6, 6.07) is 12.7. The number of benzene rings is 2. The highest BCUT2D eigenvalue weighted by atomic mass is 32.2. The first kappa shape index (κ1) is 20.1. The second kappa shape index (κ2) is 8.42. The minimum atomic E-state index is -3.20. The molecule has 138 valence electrons. The smallest absolute Gasteiger partial charge is 0.191 e. The van der Waals surface area contributed by atoms with E-state index in [0.29, 0.717) is 10.8 Å². The van der Waals surface area contributed by atoms with E-state index >= 15 is 0 Å². The fraction of sp³-hybridized carbons (Fsp3) is 0.263. The van der Waals surface area contributed by atoms with Gasteiger partial charge in [-0.25, -0.2) is 8.42 Å². The van der Waals surface area contributed by atoms with Crippen LogP contribution in [0.4, 0.5) is 5.69 Å². The van der Waals surface area contributed by atoms with E-state index in [1.165, 1.54) is 11.8 Å². The van der Waals surface area contributed by atoms with Gasteiger partial charge in [-0.15, -0.1) is 0 Å². The van der Waals surface area contributed by atoms with Crippen molar-refractivity contribution in [1.82, 2.24) is 5.43 Å². The number of nitrogens with zero attached hydrogens (tertiary/aromatic N) is 1. The van der Waals surface area contributed by atoms with Crippen molar-refractivity contribution >= 4 is 38.6 Å². The third kappa shape index (κ3) is 5.12. The Labute approximate surface area is 160 Å². The standard InChI is InChI=1S/C19H23N3O2S2/c1-5-15-8-6-7-13(2)18(15)20-19(25)22-21-14(3)16-9-11-17(12-10-16)26(4,23)24/h6-12H,5H2,1-4H3,(H2,20,22,25)/b21-14-. The van der Waals surface area contributed by atoms with Gasteiger partial charge in [0.15, 0.2) is 14.9 Å². The van der Waals surface area contributed by atoms with E-state index in [0.717, 1.165) is 23.2 Å². The van der Waals surface area contributed by atoms with Crippen molar-refractivity contribution in [2.45, 2.75) is 32.1 Å². The van der Waals surface area contributed by atoms with Crippen molar-refractivity contribution in [1.29, 1.82) is 0 Å². The Morgan fingerprint density at radius 3 is 2.38 bits per heavy atom. The number of nitrogens with one attached hydrogen (secondary N) is 2. The van der Waals surface area contributed by atoms with E-state index < -0.39 is 9.84 Å². The van der Waals surface area contributed by atoms with Gasteiger partial charge in [0, 0.05) is 11.9 Å². The van der Waals surface area contributed by atoms with Gasteiger partial charge in [-0.2, -0.15) is 5.10 Å². The predicted octanol–water partition coefficient (Wildman–Crippen LogP) is 3.67. The van der Waals surface area contributed by atoms with Crippen molar-refractivity contribution in [3.8, 4) is 0 Å². The van der Waals surface area contributed by atoms with Gasteiger partial charge in [0.1, 0.15) is 0 Å². The van der Waals surface area contributed by atoms with Crippen LogP contribution in [0.1, 0.15) is 30.5 Å². The Morgan fingerprint density at radius 1 is 1.15 bits per heavy atom. The molecule has 0 fully saturated rings. The van der Waals surface area contributed by atoms with Crippen LogP contribution in [0, 0.1) is 6.92 Å². The minimum Gasteiger partial charge on any atom is -0.331 e. The fourth-order valence-corrected chi connectivity index (χ4v) is 3.26. The van der Waals surface area contributed by atoms with Crippen LogP contribution in [-0.4, -0.2) is 25.5 Å². The molecule has 0 spiro atoms. The van der Waals surface area contributed by atoms with Crippen LogP contribution in [0.2, 0.25) is 0 Å². The highest BCUT2D eigenvalue weighted by Crippen LogP contribution is 2.20. The van der Waals surface area contributed by atoms with Gasteiger partial charge in [0.25, 0.3) is 0 Å². The molecular formula is C19H23N3O2S2. The van der Waals surface area contributed by atoms with Crippen LogP contribution in [0.3, 0.4) is 0 Å². The predicted molar refractivity (Wildman–Crippen MR) is 112 cm³/mol. The third-order valence-corrected chi connectivity index (χ3v) is 5.33. The zero-order valence-corrected chi connectivity index (χ0v) is 17.0. The maximum atomic E-state index is 11.5. The Bertz CT molecular complexity index is 934. The van der Waals surface area contributed by atoms with Crippen LogP contribution >= 0.6 is 12.2 Å². The van der Waals surface area contributed by atoms with Crippen molar-refractivity contribution in [3.63, 3.8) is 0 Å². The van der Waals surface area contributed by atoms with Gasteiger partial charge in [-0.05, 0) is 61.3 Å². The van der Waals surface area contributed by atoms with Crippen molar-refractivity contribution < 1.29 is 8.42 Å². The van der Waals surface area contributed by atoms with Crippen LogP contribution in [0.25, 0.3) is 0 Å². The second-order valence-corrected chi connectivity index (χ2v) is 8.45. The highest BCUT2D eigenvalue weighted by molar-refractivity contribution is 7.90. The summed E-state index contributed by atoms with van der Waals surface area (Å²) in [6.07, 6.45) is 2.09. The van der Waals surface area contributed by atoms with E-state index in [1.807, 2.05) is 26.0 Å². The molecule has 26 heavy (non-hydrogen) atoms. The molecule has 2 aromatic rings. The average Bonchev–Trinajstić information content (AvgIpc) is 2.60. The largest absolute Gasteiger partial charge is 0.331 e. The maximum Gasteiger partial charge on any atom is 0.191 e. The Morgan fingerprint density at radius 2 is 1.81 bits per heavy atom. The molecule has 0 heterocycles. The van der Waals surface area contributed by atoms with Crippen LogP contribution in [-0.2, 0) is 16.3 Å². The topological polar surface area (TPSA) is 70.6 Å². The number of hydrazone groups is 1. The highest BCUT2D eigenvalue weighted by Gasteiger charge is 2.08. The Kier molecular flexibility index (Phi) is 6.50. The molecule has 0 amide bonds. The molecule has 0 aliphatic rings. The molecule has 0 aliphatic heterocycles. The van der Waals surface area contributed by atoms with Crippen LogP contribution in [0.5, 0.6) is 0 Å². The number of para-hydroxylation sites is 1. The van der Waals surface area contributed by atoms with Gasteiger partial charge < -0.3 is 5.32 Å². The Hall–Kier alpha value is -2.25. The average molecular weight is 390 g/mol. The van der Waals surface area contributed by atoms with E-state index in [4.69, 9.17) is 12.2 Å². The molecule has 0 unspecified atom stereocenters. The quantitative estimate of drug-likeness (QED) is 0.464. The number of rotatable bonds is 5. The first-order chi connectivity index (χ1) is 12.2. The molecular weight excluding hydrogens is 366 g/mol. The molecule has 0 atom stereocenters. The lowest BCUT2D eigenvalue weighted by Crippen LogP contribution is -2.26. The summed E-state index contributed by atoms with van der Waals surface area (Å²) in [5.74, 6) is 0. The first-order valence-corrected chi connectivity index (χ1v) is 10.5. The molecule has 0 radical (unpaired) electrons. The summed E-state index contributed by atoms with van der Waals surface area (Å²) in [6.45, 7) is 5.96. The fourth-order valence-electron chi connectivity index (χ4n) is 2.49. The van der Waals surface area contributed by atoms with Gasteiger partial charge >= 0.3 is 0 Å². The molecule has 2 aromatic carbocycles. The molecule has 0 saturated carbocycles. The molecule has 0 aromatic heterocycles. The lowest BCUT2D eigenvalue weighted by molar-refractivity contribution is 0.602. The van der Waals surface area contributed by atoms with E-state index in [1.54, 1.807) is 24.3 Å². The van der Waals surface area contributed by atoms with Crippen LogP contribution < -0.4 is 10.7 Å². The maximum absolute atomic E-state index is 11.5. The lowest BCUT2D eigenvalue weighted by atomic mass is 10.1. The van der Waals surface area contributed by atoms with E-state index in [-0.39, 0.29) is 4.90 Å². The molecule has 0 bridgehead atoms. The van der Waals surface area contributed by atoms with E-state index in [9.17, 15) is 8.42 Å². The molecule has 2 rings (SSSR count). The molecule has 7 heteroatoms. The monoisotopic (exact) mass is 389 g/mol. The third-order valence-electron chi connectivity index (χ3n) is 4.00. The molecule has 2 N–H and O–H groups in total. The Balaban J connectivity index is 2.08. The molecule has 0 saturated heterocycles. The van der Waals surface area contributed by atoms with Crippen molar-refractivity contribution in [2.75, 3.05) is 11.6 Å². The number of sulfone groups is 1. The zero-order chi connectivity index (χ0) is 19.3. The SMILES string of the molecule is CCc1cccc(C)c1NC(=S)N/N=C(/C)c1ccc(S(C)(=O)=O)cc1. The minimum absolute atomic E-state index is 0.283. The summed E-state index contributed by atoms with van der Waals surface area (Å²) in [5, 5.41) is 7.88. The van der Waals surface area contributed by atoms with Gasteiger partial charge in [0.05, 0.1) is 10.6 Å². The lowest BCUT2D eigenvalue weighted by Gasteiger charge is -2.14. The molecule has 0 aliphatic carbocycles. The summed E-state index contributed by atoms with van der Waals surface area (Å²) < 4.78 is 23.0. The second-order valence-electron chi connectivity index (χ2n) is 6.02. The number of aryl methyl sites for hydroxylation is 2. The summed E-state index contributed by atoms with van der Waals surface area (Å²) in [5.41, 5.74) is 7.66. The van der Waals surface area contributed by atoms with Crippen molar-refractivity contribution in [2.24, 2.45) is 5.10 Å².